The van der Waals surface area contributed by atoms with Crippen molar-refractivity contribution < 1.29 is 9.30 Å². The van der Waals surface area contributed by atoms with Gasteiger partial charge in [-0.1, -0.05) is 50.9 Å². The van der Waals surface area contributed by atoms with Gasteiger partial charge in [-0.25, -0.2) is 4.57 Å². The van der Waals surface area contributed by atoms with E-state index in [1.54, 1.807) is 7.11 Å². The quantitative estimate of drug-likeness (QED) is 0.321. The highest BCUT2D eigenvalue weighted by Gasteiger charge is 2.11. The van der Waals surface area contributed by atoms with E-state index in [0.29, 0.717) is 6.04 Å². The molecule has 1 heterocycles. The average molecular weight is 351 g/mol. The van der Waals surface area contributed by atoms with Crippen LogP contribution in [0.25, 0.3) is 0 Å². The van der Waals surface area contributed by atoms with E-state index in [1.165, 1.54) is 44.9 Å². The van der Waals surface area contributed by atoms with Gasteiger partial charge in [0, 0.05) is 29.7 Å². The molecule has 0 saturated heterocycles. The lowest BCUT2D eigenvalue weighted by Crippen LogP contribution is -2.36. The minimum atomic E-state index is 0.546. The zero-order chi connectivity index (χ0) is 18.6. The average Bonchev–Trinajstić information content (AvgIpc) is 2.69. The fourth-order valence-electron chi connectivity index (χ4n) is 3.00. The molecule has 0 bridgehead atoms. The predicted octanol–water partition coefficient (Wildman–Crippen LogP) is 5.69. The van der Waals surface area contributed by atoms with E-state index >= 15 is 0 Å². The summed E-state index contributed by atoms with van der Waals surface area (Å²) in [6, 6.07) is 12.6. The third kappa shape index (κ3) is 6.92. The van der Waals surface area contributed by atoms with Crippen LogP contribution in [0, 0.1) is 11.8 Å². The lowest BCUT2D eigenvalue weighted by Gasteiger charge is -2.07. The molecule has 0 aliphatic rings. The van der Waals surface area contributed by atoms with Crippen molar-refractivity contribution in [3.63, 3.8) is 0 Å². The second-order valence-corrected chi connectivity index (χ2v) is 6.92. The van der Waals surface area contributed by atoms with E-state index in [-0.39, 0.29) is 0 Å². The summed E-state index contributed by atoms with van der Waals surface area (Å²) in [4.78, 5) is 0. The van der Waals surface area contributed by atoms with Crippen LogP contribution in [0.3, 0.4) is 0 Å². The molecule has 0 fully saturated rings. The Labute approximate surface area is 159 Å². The fourth-order valence-corrected chi connectivity index (χ4v) is 3.00. The highest BCUT2D eigenvalue weighted by atomic mass is 16.5. The molecular weight excluding hydrogens is 318 g/mol. The first-order valence-electron chi connectivity index (χ1n) is 9.90. The number of rotatable bonds is 9. The van der Waals surface area contributed by atoms with E-state index < -0.39 is 0 Å². The van der Waals surface area contributed by atoms with Gasteiger partial charge in [-0.2, -0.15) is 0 Å². The van der Waals surface area contributed by atoms with E-state index in [1.807, 2.05) is 24.3 Å². The van der Waals surface area contributed by atoms with Crippen LogP contribution in [-0.2, 0) is 0 Å². The molecule has 26 heavy (non-hydrogen) atoms. The monoisotopic (exact) mass is 350 g/mol. The van der Waals surface area contributed by atoms with Crippen LogP contribution in [0.15, 0.2) is 48.8 Å². The van der Waals surface area contributed by atoms with Crippen molar-refractivity contribution in [2.75, 3.05) is 7.11 Å². The summed E-state index contributed by atoms with van der Waals surface area (Å²) in [6.45, 7) is 4.57. The molecule has 2 aromatic rings. The lowest BCUT2D eigenvalue weighted by molar-refractivity contribution is -0.720. The third-order valence-corrected chi connectivity index (χ3v) is 4.78. The Morgan fingerprint density at radius 1 is 0.846 bits per heavy atom. The topological polar surface area (TPSA) is 13.1 Å². The summed E-state index contributed by atoms with van der Waals surface area (Å²) in [5, 5.41) is 0. The first-order chi connectivity index (χ1) is 12.7. The molecule has 2 heteroatoms. The van der Waals surface area contributed by atoms with Gasteiger partial charge in [-0.3, -0.25) is 0 Å². The largest absolute Gasteiger partial charge is 0.497 e. The highest BCUT2D eigenvalue weighted by Crippen LogP contribution is 2.12. The maximum atomic E-state index is 5.17. The molecule has 0 aliphatic carbocycles. The number of pyridine rings is 1. The van der Waals surface area contributed by atoms with E-state index in [0.717, 1.165) is 16.9 Å². The van der Waals surface area contributed by atoms with Gasteiger partial charge >= 0.3 is 0 Å². The molecule has 1 aromatic carbocycles. The van der Waals surface area contributed by atoms with Crippen molar-refractivity contribution in [2.45, 2.75) is 64.8 Å². The number of ether oxygens (including phenoxy) is 1. The number of methoxy groups -OCH3 is 1. The standard InChI is InChI=1S/C24H32NO/c1-4-5-6-7-8-9-10-21(2)25-19-17-23(18-20-25)12-11-22-13-15-24(26-3)16-14-22/h13-21H,4-10H2,1-3H3/q+1. The molecule has 1 unspecified atom stereocenters. The van der Waals surface area contributed by atoms with Gasteiger partial charge in [0.05, 0.1) is 7.11 Å². The molecule has 0 amide bonds. The maximum absolute atomic E-state index is 5.17. The Morgan fingerprint density at radius 3 is 2.04 bits per heavy atom. The highest BCUT2D eigenvalue weighted by molar-refractivity contribution is 5.43. The Balaban J connectivity index is 1.82. The predicted molar refractivity (Wildman–Crippen MR) is 108 cm³/mol. The van der Waals surface area contributed by atoms with Gasteiger partial charge in [-0.05, 0) is 37.6 Å². The van der Waals surface area contributed by atoms with Crippen LogP contribution >= 0.6 is 0 Å². The number of benzene rings is 1. The molecule has 2 rings (SSSR count). The minimum Gasteiger partial charge on any atom is -0.497 e. The second kappa shape index (κ2) is 11.4. The van der Waals surface area contributed by atoms with Gasteiger partial charge in [0.2, 0.25) is 0 Å². The summed E-state index contributed by atoms with van der Waals surface area (Å²) < 4.78 is 7.47. The molecule has 1 atom stereocenters. The first-order valence-corrected chi connectivity index (χ1v) is 9.90. The van der Waals surface area contributed by atoms with Crippen molar-refractivity contribution in [2.24, 2.45) is 0 Å². The number of hydrogen-bond donors (Lipinski definition) is 0. The number of aromatic nitrogens is 1. The number of nitrogens with zero attached hydrogens (tertiary/aromatic N) is 1. The Kier molecular flexibility index (Phi) is 8.76. The third-order valence-electron chi connectivity index (χ3n) is 4.78. The molecule has 0 radical (unpaired) electrons. The van der Waals surface area contributed by atoms with Crippen molar-refractivity contribution >= 4 is 0 Å². The SMILES string of the molecule is CCCCCCCCC(C)[n+]1ccc(C#Cc2ccc(OC)cc2)cc1. The van der Waals surface area contributed by atoms with Crippen LogP contribution in [0.2, 0.25) is 0 Å². The Hall–Kier alpha value is -2.27. The van der Waals surface area contributed by atoms with Gasteiger partial charge in [0.1, 0.15) is 5.75 Å². The zero-order valence-corrected chi connectivity index (χ0v) is 16.5. The molecule has 1 aromatic heterocycles. The Bertz CT molecular complexity index is 692. The molecule has 0 aliphatic heterocycles. The fraction of sp³-hybridized carbons (Fsp3) is 0.458. The maximum Gasteiger partial charge on any atom is 0.170 e. The van der Waals surface area contributed by atoms with Gasteiger partial charge in [-0.15, -0.1) is 0 Å². The van der Waals surface area contributed by atoms with Crippen molar-refractivity contribution in [3.05, 3.63) is 59.9 Å². The summed E-state index contributed by atoms with van der Waals surface area (Å²) in [6.07, 6.45) is 13.7. The van der Waals surface area contributed by atoms with Crippen LogP contribution < -0.4 is 9.30 Å². The summed E-state index contributed by atoms with van der Waals surface area (Å²) in [7, 11) is 1.67. The summed E-state index contributed by atoms with van der Waals surface area (Å²) in [5.41, 5.74) is 2.04. The minimum absolute atomic E-state index is 0.546. The van der Waals surface area contributed by atoms with Gasteiger partial charge in [0.25, 0.3) is 0 Å². The first kappa shape index (κ1) is 20.0. The van der Waals surface area contributed by atoms with Crippen LogP contribution in [0.1, 0.15) is 76.0 Å². The molecule has 0 spiro atoms. The lowest BCUT2D eigenvalue weighted by atomic mass is 10.1. The van der Waals surface area contributed by atoms with E-state index in [2.05, 4.69) is 54.8 Å². The van der Waals surface area contributed by atoms with E-state index in [4.69, 9.17) is 4.74 Å². The van der Waals surface area contributed by atoms with Crippen LogP contribution in [0.5, 0.6) is 5.75 Å². The molecule has 138 valence electrons. The summed E-state index contributed by atoms with van der Waals surface area (Å²) >= 11 is 0. The normalized spacial score (nSPS) is 11.5. The van der Waals surface area contributed by atoms with Gasteiger partial charge < -0.3 is 4.74 Å². The number of unbranched alkanes of at least 4 members (excludes halogenated alkanes) is 5. The van der Waals surface area contributed by atoms with Crippen molar-refractivity contribution in [3.8, 4) is 17.6 Å². The second-order valence-electron chi connectivity index (χ2n) is 6.92. The molecular formula is C24H32NO+. The van der Waals surface area contributed by atoms with Crippen LogP contribution in [-0.4, -0.2) is 7.11 Å². The molecule has 2 nitrogen and oxygen atoms in total. The smallest absolute Gasteiger partial charge is 0.170 e. The van der Waals surface area contributed by atoms with Crippen molar-refractivity contribution in [1.29, 1.82) is 0 Å². The van der Waals surface area contributed by atoms with Crippen LogP contribution in [0.4, 0.5) is 0 Å². The number of hydrogen-bond acceptors (Lipinski definition) is 1. The molecule has 0 saturated carbocycles. The van der Waals surface area contributed by atoms with Gasteiger partial charge in [0.15, 0.2) is 18.4 Å². The summed E-state index contributed by atoms with van der Waals surface area (Å²) in [5.74, 6) is 7.29. The van der Waals surface area contributed by atoms with E-state index in [9.17, 15) is 0 Å². The molecule has 0 N–H and O–H groups in total. The zero-order valence-electron chi connectivity index (χ0n) is 16.5. The Morgan fingerprint density at radius 2 is 1.42 bits per heavy atom. The van der Waals surface area contributed by atoms with Crippen molar-refractivity contribution in [1.82, 2.24) is 0 Å².